The highest BCUT2D eigenvalue weighted by atomic mass is 35.5. The zero-order valence-electron chi connectivity index (χ0n) is 11.0. The molecule has 1 aliphatic heterocycles. The first-order valence-electron chi connectivity index (χ1n) is 6.23. The standard InChI is InChI=1S/C13H16N4O.2ClH/c1-2-4-11(5-3-1)13-15-12(18-16-13)10-17-8-6-14-7-9-17;;/h1-5,14H,6-10H2;2*1H. The highest BCUT2D eigenvalue weighted by Crippen LogP contribution is 2.15. The average Bonchev–Trinajstić information content (AvgIpc) is 2.89. The Labute approximate surface area is 130 Å². The average molecular weight is 317 g/mol. The van der Waals surface area contributed by atoms with Gasteiger partial charge in [-0.15, -0.1) is 24.8 Å². The van der Waals surface area contributed by atoms with Crippen LogP contribution in [0.2, 0.25) is 0 Å². The van der Waals surface area contributed by atoms with E-state index >= 15 is 0 Å². The van der Waals surface area contributed by atoms with Crippen molar-refractivity contribution in [2.45, 2.75) is 6.54 Å². The number of hydrogen-bond acceptors (Lipinski definition) is 5. The molecule has 110 valence electrons. The lowest BCUT2D eigenvalue weighted by molar-refractivity contribution is 0.203. The van der Waals surface area contributed by atoms with Crippen molar-refractivity contribution in [1.29, 1.82) is 0 Å². The van der Waals surface area contributed by atoms with Crippen LogP contribution in [0.15, 0.2) is 34.9 Å². The topological polar surface area (TPSA) is 54.2 Å². The van der Waals surface area contributed by atoms with Crippen molar-refractivity contribution in [2.75, 3.05) is 26.2 Å². The summed E-state index contributed by atoms with van der Waals surface area (Å²) in [5.41, 5.74) is 0.993. The third-order valence-electron chi connectivity index (χ3n) is 3.07. The van der Waals surface area contributed by atoms with Crippen molar-refractivity contribution in [1.82, 2.24) is 20.4 Å². The van der Waals surface area contributed by atoms with Gasteiger partial charge >= 0.3 is 0 Å². The third kappa shape index (κ3) is 4.18. The van der Waals surface area contributed by atoms with Crippen molar-refractivity contribution in [3.8, 4) is 11.4 Å². The number of nitrogens with one attached hydrogen (secondary N) is 1. The fraction of sp³-hybridized carbons (Fsp3) is 0.385. The normalized spacial score (nSPS) is 15.2. The van der Waals surface area contributed by atoms with E-state index in [0.29, 0.717) is 11.7 Å². The molecule has 5 nitrogen and oxygen atoms in total. The van der Waals surface area contributed by atoms with Crippen LogP contribution in [0.5, 0.6) is 0 Å². The molecule has 0 aliphatic carbocycles. The first kappa shape index (κ1) is 16.9. The molecule has 1 aromatic carbocycles. The number of nitrogens with zero attached hydrogens (tertiary/aromatic N) is 3. The van der Waals surface area contributed by atoms with Gasteiger partial charge in [0.05, 0.1) is 6.54 Å². The molecule has 7 heteroatoms. The second-order valence-corrected chi connectivity index (χ2v) is 4.40. The number of aromatic nitrogens is 2. The van der Waals surface area contributed by atoms with Crippen LogP contribution in [0.3, 0.4) is 0 Å². The maximum atomic E-state index is 5.30. The van der Waals surface area contributed by atoms with Crippen LogP contribution in [-0.2, 0) is 6.54 Å². The van der Waals surface area contributed by atoms with Crippen LogP contribution in [0.25, 0.3) is 11.4 Å². The quantitative estimate of drug-likeness (QED) is 0.938. The van der Waals surface area contributed by atoms with Crippen molar-refractivity contribution in [2.24, 2.45) is 0 Å². The van der Waals surface area contributed by atoms with E-state index in [2.05, 4.69) is 20.4 Å². The number of halogens is 2. The lowest BCUT2D eigenvalue weighted by atomic mass is 10.2. The van der Waals surface area contributed by atoms with Crippen LogP contribution in [0, 0.1) is 0 Å². The number of rotatable bonds is 3. The summed E-state index contributed by atoms with van der Waals surface area (Å²) in [6.45, 7) is 4.85. The minimum Gasteiger partial charge on any atom is -0.338 e. The van der Waals surface area contributed by atoms with Gasteiger partial charge in [0.15, 0.2) is 0 Å². The Bertz CT molecular complexity index is 500. The van der Waals surface area contributed by atoms with Crippen LogP contribution < -0.4 is 5.32 Å². The Morgan fingerprint density at radius 3 is 2.50 bits per heavy atom. The zero-order valence-corrected chi connectivity index (χ0v) is 12.6. The van der Waals surface area contributed by atoms with Gasteiger partial charge < -0.3 is 9.84 Å². The van der Waals surface area contributed by atoms with E-state index in [1.165, 1.54) is 0 Å². The maximum Gasteiger partial charge on any atom is 0.241 e. The fourth-order valence-electron chi connectivity index (χ4n) is 2.08. The predicted molar refractivity (Wildman–Crippen MR) is 82.4 cm³/mol. The van der Waals surface area contributed by atoms with Gasteiger partial charge in [0.2, 0.25) is 11.7 Å². The largest absolute Gasteiger partial charge is 0.338 e. The van der Waals surface area contributed by atoms with Gasteiger partial charge in [0.25, 0.3) is 0 Å². The van der Waals surface area contributed by atoms with E-state index in [9.17, 15) is 0 Å². The lowest BCUT2D eigenvalue weighted by Crippen LogP contribution is -2.42. The van der Waals surface area contributed by atoms with Gasteiger partial charge in [-0.3, -0.25) is 4.90 Å². The van der Waals surface area contributed by atoms with Gasteiger partial charge in [-0.1, -0.05) is 35.5 Å². The van der Waals surface area contributed by atoms with E-state index < -0.39 is 0 Å². The fourth-order valence-corrected chi connectivity index (χ4v) is 2.08. The SMILES string of the molecule is Cl.Cl.c1ccc(-c2noc(CN3CCNCC3)n2)cc1. The highest BCUT2D eigenvalue weighted by Gasteiger charge is 2.14. The monoisotopic (exact) mass is 316 g/mol. The lowest BCUT2D eigenvalue weighted by Gasteiger charge is -2.25. The van der Waals surface area contributed by atoms with Crippen LogP contribution in [-0.4, -0.2) is 41.2 Å². The van der Waals surface area contributed by atoms with Gasteiger partial charge in [-0.05, 0) is 0 Å². The van der Waals surface area contributed by atoms with Gasteiger partial charge in [0.1, 0.15) is 0 Å². The van der Waals surface area contributed by atoms with Crippen molar-refractivity contribution < 1.29 is 4.52 Å². The molecule has 1 fully saturated rings. The second-order valence-electron chi connectivity index (χ2n) is 4.40. The van der Waals surface area contributed by atoms with Gasteiger partial charge in [-0.2, -0.15) is 4.98 Å². The maximum absolute atomic E-state index is 5.30. The molecule has 3 rings (SSSR count). The molecule has 1 aromatic heterocycles. The molecule has 0 amide bonds. The molecule has 2 aromatic rings. The number of piperazine rings is 1. The Balaban J connectivity index is 0.000001000. The Morgan fingerprint density at radius 1 is 1.10 bits per heavy atom. The van der Waals surface area contributed by atoms with Crippen LogP contribution in [0.1, 0.15) is 5.89 Å². The highest BCUT2D eigenvalue weighted by molar-refractivity contribution is 5.85. The van der Waals surface area contributed by atoms with Crippen LogP contribution >= 0.6 is 24.8 Å². The van der Waals surface area contributed by atoms with Crippen molar-refractivity contribution >= 4 is 24.8 Å². The van der Waals surface area contributed by atoms with Crippen molar-refractivity contribution in [3.05, 3.63) is 36.2 Å². The molecule has 0 atom stereocenters. The summed E-state index contributed by atoms with van der Waals surface area (Å²) >= 11 is 0. The molecule has 0 spiro atoms. The van der Waals surface area contributed by atoms with Gasteiger partial charge in [-0.25, -0.2) is 0 Å². The minimum absolute atomic E-state index is 0. The molecule has 0 saturated carbocycles. The molecule has 0 bridgehead atoms. The van der Waals surface area contributed by atoms with E-state index in [4.69, 9.17) is 4.52 Å². The van der Waals surface area contributed by atoms with E-state index in [1.54, 1.807) is 0 Å². The summed E-state index contributed by atoms with van der Waals surface area (Å²) in [6.07, 6.45) is 0. The predicted octanol–water partition coefficient (Wildman–Crippen LogP) is 1.99. The molecule has 20 heavy (non-hydrogen) atoms. The molecule has 1 aliphatic rings. The summed E-state index contributed by atoms with van der Waals surface area (Å²) in [4.78, 5) is 6.75. The zero-order chi connectivity index (χ0) is 12.2. The molecule has 0 radical (unpaired) electrons. The van der Waals surface area contributed by atoms with Crippen LogP contribution in [0.4, 0.5) is 0 Å². The summed E-state index contributed by atoms with van der Waals surface area (Å²) in [5.74, 6) is 1.36. The third-order valence-corrected chi connectivity index (χ3v) is 3.07. The molecular weight excluding hydrogens is 299 g/mol. The molecule has 1 N–H and O–H groups in total. The Kier molecular flexibility index (Phi) is 6.95. The van der Waals surface area contributed by atoms with E-state index in [-0.39, 0.29) is 24.8 Å². The van der Waals surface area contributed by atoms with Crippen molar-refractivity contribution in [3.63, 3.8) is 0 Å². The first-order chi connectivity index (χ1) is 8.92. The summed E-state index contributed by atoms with van der Waals surface area (Å²) in [5, 5.41) is 7.35. The summed E-state index contributed by atoms with van der Waals surface area (Å²) < 4.78 is 5.30. The molecule has 0 unspecified atom stereocenters. The molecular formula is C13H18Cl2N4O. The van der Waals surface area contributed by atoms with E-state index in [0.717, 1.165) is 38.3 Å². The smallest absolute Gasteiger partial charge is 0.241 e. The van der Waals surface area contributed by atoms with Gasteiger partial charge in [0, 0.05) is 31.7 Å². The Hall–Kier alpha value is -1.14. The number of hydrogen-bond donors (Lipinski definition) is 1. The second kappa shape index (κ2) is 8.21. The summed E-state index contributed by atoms with van der Waals surface area (Å²) in [7, 11) is 0. The number of benzene rings is 1. The molecule has 1 saturated heterocycles. The minimum atomic E-state index is 0. The Morgan fingerprint density at radius 2 is 1.80 bits per heavy atom. The molecule has 2 heterocycles. The summed E-state index contributed by atoms with van der Waals surface area (Å²) in [6, 6.07) is 9.90. The van der Waals surface area contributed by atoms with E-state index in [1.807, 2.05) is 30.3 Å². The first-order valence-corrected chi connectivity index (χ1v) is 6.23.